The molecule has 3 rings (SSSR count). The van der Waals surface area contributed by atoms with E-state index in [1.54, 1.807) is 0 Å². The predicted molar refractivity (Wildman–Crippen MR) is 54.2 cm³/mol. The molecule has 0 unspecified atom stereocenters. The zero-order chi connectivity index (χ0) is 9.38. The van der Waals surface area contributed by atoms with Crippen molar-refractivity contribution in [1.29, 1.82) is 0 Å². The fourth-order valence-electron chi connectivity index (χ4n) is 3.56. The van der Waals surface area contributed by atoms with E-state index in [-0.39, 0.29) is 0 Å². The van der Waals surface area contributed by atoms with Gasteiger partial charge in [-0.05, 0) is 24.7 Å². The topological polar surface area (TPSA) is 18.5 Å². The fraction of sp³-hybridized carbons (Fsp3) is 1.00. The van der Waals surface area contributed by atoms with Crippen molar-refractivity contribution >= 4 is 0 Å². The van der Waals surface area contributed by atoms with Crippen molar-refractivity contribution in [1.82, 2.24) is 0 Å². The molecule has 0 aromatic rings. The van der Waals surface area contributed by atoms with E-state index in [4.69, 9.17) is 9.47 Å². The molecule has 0 aromatic heterocycles. The molecule has 0 spiro atoms. The molecule has 4 atom stereocenters. The number of ether oxygens (including phenoxy) is 2. The highest BCUT2D eigenvalue weighted by molar-refractivity contribution is 4.90. The second-order valence-corrected chi connectivity index (χ2v) is 5.09. The molecule has 1 aliphatic heterocycles. The van der Waals surface area contributed by atoms with Crippen LogP contribution in [0.1, 0.15) is 38.5 Å². The maximum Gasteiger partial charge on any atom is 0.0840 e. The average molecular weight is 196 g/mol. The standard InChI is InChI=1S/C12H20O2/c1-2-4-10-8-12-11(7-9(10)3-1)13-5-6-14-12/h9-12H,1-8H2/t9-,10+,11+,12-. The third kappa shape index (κ3) is 1.59. The lowest BCUT2D eigenvalue weighted by molar-refractivity contribution is -0.174. The number of rotatable bonds is 0. The van der Waals surface area contributed by atoms with Crippen LogP contribution in [0, 0.1) is 11.8 Å². The van der Waals surface area contributed by atoms with Crippen LogP contribution in [0.3, 0.4) is 0 Å². The van der Waals surface area contributed by atoms with Crippen molar-refractivity contribution in [2.45, 2.75) is 50.7 Å². The van der Waals surface area contributed by atoms with Gasteiger partial charge in [0, 0.05) is 0 Å². The number of hydrogen-bond acceptors (Lipinski definition) is 2. The SMILES string of the molecule is C1CC[C@H]2C[C@H]3OCCO[C@H]3C[C@H]2C1. The van der Waals surface area contributed by atoms with Gasteiger partial charge in [0.25, 0.3) is 0 Å². The monoisotopic (exact) mass is 196 g/mol. The van der Waals surface area contributed by atoms with Crippen LogP contribution in [0.2, 0.25) is 0 Å². The van der Waals surface area contributed by atoms with Crippen LogP contribution >= 0.6 is 0 Å². The Balaban J connectivity index is 1.68. The number of hydrogen-bond donors (Lipinski definition) is 0. The minimum atomic E-state index is 0.433. The van der Waals surface area contributed by atoms with Gasteiger partial charge in [-0.2, -0.15) is 0 Å². The van der Waals surface area contributed by atoms with Gasteiger partial charge in [0.1, 0.15) is 0 Å². The third-order valence-electron chi connectivity index (χ3n) is 4.30. The summed E-state index contributed by atoms with van der Waals surface area (Å²) < 4.78 is 11.6. The van der Waals surface area contributed by atoms with E-state index in [0.717, 1.165) is 25.0 Å². The van der Waals surface area contributed by atoms with Gasteiger partial charge >= 0.3 is 0 Å². The summed E-state index contributed by atoms with van der Waals surface area (Å²) in [5.41, 5.74) is 0. The summed E-state index contributed by atoms with van der Waals surface area (Å²) in [4.78, 5) is 0. The molecule has 2 aliphatic carbocycles. The summed E-state index contributed by atoms with van der Waals surface area (Å²) in [6.07, 6.45) is 9.18. The second-order valence-electron chi connectivity index (χ2n) is 5.09. The van der Waals surface area contributed by atoms with Gasteiger partial charge < -0.3 is 9.47 Å². The Morgan fingerprint density at radius 1 is 0.714 bits per heavy atom. The first-order valence-corrected chi connectivity index (χ1v) is 6.16. The van der Waals surface area contributed by atoms with Crippen LogP contribution in [0.15, 0.2) is 0 Å². The maximum atomic E-state index is 5.81. The van der Waals surface area contributed by atoms with Crippen molar-refractivity contribution in [3.63, 3.8) is 0 Å². The Morgan fingerprint density at radius 3 is 1.71 bits per heavy atom. The third-order valence-corrected chi connectivity index (χ3v) is 4.30. The van der Waals surface area contributed by atoms with E-state index >= 15 is 0 Å². The molecule has 0 radical (unpaired) electrons. The minimum absolute atomic E-state index is 0.433. The molecule has 0 amide bonds. The molecule has 80 valence electrons. The van der Waals surface area contributed by atoms with E-state index in [0.29, 0.717) is 12.2 Å². The highest BCUT2D eigenvalue weighted by Gasteiger charge is 2.40. The van der Waals surface area contributed by atoms with E-state index in [1.807, 2.05) is 0 Å². The van der Waals surface area contributed by atoms with E-state index in [2.05, 4.69) is 0 Å². The lowest BCUT2D eigenvalue weighted by Gasteiger charge is -2.45. The molecule has 3 fully saturated rings. The van der Waals surface area contributed by atoms with Crippen LogP contribution < -0.4 is 0 Å². The lowest BCUT2D eigenvalue weighted by atomic mass is 9.69. The van der Waals surface area contributed by atoms with Gasteiger partial charge in [-0.15, -0.1) is 0 Å². The first-order valence-electron chi connectivity index (χ1n) is 6.16. The zero-order valence-electron chi connectivity index (χ0n) is 8.78. The van der Waals surface area contributed by atoms with Crippen molar-refractivity contribution in [2.24, 2.45) is 11.8 Å². The smallest absolute Gasteiger partial charge is 0.0840 e. The van der Waals surface area contributed by atoms with Crippen molar-refractivity contribution in [3.8, 4) is 0 Å². The summed E-state index contributed by atoms with van der Waals surface area (Å²) >= 11 is 0. The quantitative estimate of drug-likeness (QED) is 0.592. The summed E-state index contributed by atoms with van der Waals surface area (Å²) in [6.45, 7) is 1.64. The molecule has 0 bridgehead atoms. The number of fused-ring (bicyclic) bond motifs is 2. The Morgan fingerprint density at radius 2 is 1.21 bits per heavy atom. The minimum Gasteiger partial charge on any atom is -0.373 e. The van der Waals surface area contributed by atoms with Crippen LogP contribution in [-0.4, -0.2) is 25.4 Å². The second kappa shape index (κ2) is 3.82. The Kier molecular flexibility index (Phi) is 2.50. The molecule has 0 N–H and O–H groups in total. The van der Waals surface area contributed by atoms with Gasteiger partial charge in [0.15, 0.2) is 0 Å². The maximum absolute atomic E-state index is 5.81. The molecule has 3 aliphatic rings. The molecule has 0 aromatic carbocycles. The molecule has 2 saturated carbocycles. The fourth-order valence-corrected chi connectivity index (χ4v) is 3.56. The van der Waals surface area contributed by atoms with Crippen LogP contribution in [-0.2, 0) is 9.47 Å². The van der Waals surface area contributed by atoms with Crippen molar-refractivity contribution < 1.29 is 9.47 Å². The Labute approximate surface area is 86.0 Å². The summed E-state index contributed by atoms with van der Waals surface area (Å²) in [6, 6.07) is 0. The van der Waals surface area contributed by atoms with Gasteiger partial charge in [-0.25, -0.2) is 0 Å². The Hall–Kier alpha value is -0.0800. The summed E-state index contributed by atoms with van der Waals surface area (Å²) in [5, 5.41) is 0. The lowest BCUT2D eigenvalue weighted by Crippen LogP contribution is -2.46. The highest BCUT2D eigenvalue weighted by atomic mass is 16.6. The largest absolute Gasteiger partial charge is 0.373 e. The summed E-state index contributed by atoms with van der Waals surface area (Å²) in [5.74, 6) is 1.90. The van der Waals surface area contributed by atoms with Crippen LogP contribution in [0.5, 0.6) is 0 Å². The average Bonchev–Trinajstić information content (AvgIpc) is 2.26. The summed E-state index contributed by atoms with van der Waals surface area (Å²) in [7, 11) is 0. The van der Waals surface area contributed by atoms with Gasteiger partial charge in [-0.3, -0.25) is 0 Å². The van der Waals surface area contributed by atoms with Crippen molar-refractivity contribution in [2.75, 3.05) is 13.2 Å². The Bertz CT molecular complexity index is 162. The molecule has 1 saturated heterocycles. The van der Waals surface area contributed by atoms with Gasteiger partial charge in [0.2, 0.25) is 0 Å². The van der Waals surface area contributed by atoms with Crippen LogP contribution in [0.25, 0.3) is 0 Å². The first-order chi connectivity index (χ1) is 6.93. The first kappa shape index (κ1) is 9.17. The molecule has 2 nitrogen and oxygen atoms in total. The molecule has 1 heterocycles. The predicted octanol–water partition coefficient (Wildman–Crippen LogP) is 2.37. The van der Waals surface area contributed by atoms with Gasteiger partial charge in [0.05, 0.1) is 25.4 Å². The molecule has 14 heavy (non-hydrogen) atoms. The van der Waals surface area contributed by atoms with Gasteiger partial charge in [-0.1, -0.05) is 25.7 Å². The normalized spacial score (nSPS) is 48.0. The van der Waals surface area contributed by atoms with E-state index < -0.39 is 0 Å². The molecular weight excluding hydrogens is 176 g/mol. The van der Waals surface area contributed by atoms with Crippen molar-refractivity contribution in [3.05, 3.63) is 0 Å². The molecular formula is C12H20O2. The highest BCUT2D eigenvalue weighted by Crippen LogP contribution is 2.42. The van der Waals surface area contributed by atoms with Crippen LogP contribution in [0.4, 0.5) is 0 Å². The van der Waals surface area contributed by atoms with E-state index in [9.17, 15) is 0 Å². The zero-order valence-corrected chi connectivity index (χ0v) is 8.78. The van der Waals surface area contributed by atoms with E-state index in [1.165, 1.54) is 38.5 Å². The molecule has 2 heteroatoms.